The molecular weight excluding hydrogens is 245 g/mol. The highest BCUT2D eigenvalue weighted by Gasteiger charge is 2.40. The topological polar surface area (TPSA) is 49.3 Å². The Labute approximate surface area is 73.7 Å². The molecule has 0 heterocycles. The van der Waals surface area contributed by atoms with Gasteiger partial charge in [0.25, 0.3) is 0 Å². The van der Waals surface area contributed by atoms with Gasteiger partial charge < -0.3 is 5.11 Å². The highest BCUT2D eigenvalue weighted by Crippen LogP contribution is 2.30. The van der Waals surface area contributed by atoms with Crippen molar-refractivity contribution in [3.8, 4) is 0 Å². The third kappa shape index (κ3) is 1.27. The summed E-state index contributed by atoms with van der Waals surface area (Å²) in [5, 5.41) is 8.80. The zero-order valence-corrected chi connectivity index (χ0v) is 7.72. The molecule has 0 radical (unpaired) electrons. The summed E-state index contributed by atoms with van der Waals surface area (Å²) in [6.45, 7) is 0. The normalized spacial score (nSPS) is 22.9. The van der Waals surface area contributed by atoms with Gasteiger partial charge in [-0.15, -0.1) is 0 Å². The molecule has 1 aliphatic carbocycles. The van der Waals surface area contributed by atoms with Crippen LogP contribution in [0.2, 0.25) is 0 Å². The molecule has 3 nitrogen and oxygen atoms in total. The highest BCUT2D eigenvalue weighted by molar-refractivity contribution is 14.1. The van der Waals surface area contributed by atoms with Crippen molar-refractivity contribution < 1.29 is 9.90 Å². The molecule has 2 N–H and O–H groups in total. The van der Waals surface area contributed by atoms with E-state index >= 15 is 0 Å². The lowest BCUT2D eigenvalue weighted by molar-refractivity contribution is -0.143. The molecule has 58 valence electrons. The number of rotatable bonds is 2. The molecule has 1 fully saturated rings. The van der Waals surface area contributed by atoms with Crippen molar-refractivity contribution in [3.05, 3.63) is 0 Å². The lowest BCUT2D eigenvalue weighted by Gasteiger charge is -2.20. The van der Waals surface area contributed by atoms with Gasteiger partial charge in [0.15, 0.2) is 0 Å². The Bertz CT molecular complexity index is 143. The molecule has 0 atom stereocenters. The largest absolute Gasteiger partial charge is 0.480 e. The number of aliphatic carboxylic acids is 1. The molecule has 0 saturated heterocycles. The van der Waals surface area contributed by atoms with Crippen LogP contribution in [0.3, 0.4) is 0 Å². The molecule has 10 heavy (non-hydrogen) atoms. The van der Waals surface area contributed by atoms with Crippen LogP contribution >= 0.6 is 22.9 Å². The molecule has 0 aromatic heterocycles. The highest BCUT2D eigenvalue weighted by atomic mass is 127. The number of carbonyl (C=O) groups is 1. The lowest BCUT2D eigenvalue weighted by atomic mass is 10.0. The fourth-order valence-electron chi connectivity index (χ4n) is 1.33. The van der Waals surface area contributed by atoms with Crippen LogP contribution in [-0.4, -0.2) is 16.6 Å². The first-order valence-electron chi connectivity index (χ1n) is 3.32. The Morgan fingerprint density at radius 1 is 1.50 bits per heavy atom. The fourth-order valence-corrected chi connectivity index (χ4v) is 2.10. The van der Waals surface area contributed by atoms with Crippen LogP contribution in [0.4, 0.5) is 0 Å². The Morgan fingerprint density at radius 3 is 2.20 bits per heavy atom. The maximum absolute atomic E-state index is 10.7. The van der Waals surface area contributed by atoms with Gasteiger partial charge >= 0.3 is 5.97 Å². The summed E-state index contributed by atoms with van der Waals surface area (Å²) in [6, 6.07) is 0. The summed E-state index contributed by atoms with van der Waals surface area (Å²) < 4.78 is 2.85. The predicted octanol–water partition coefficient (Wildman–Crippen LogP) is 1.32. The molecule has 0 bridgehead atoms. The molecule has 1 aliphatic rings. The van der Waals surface area contributed by atoms with Gasteiger partial charge in [-0.1, -0.05) is 12.8 Å². The first kappa shape index (κ1) is 8.26. The summed E-state index contributed by atoms with van der Waals surface area (Å²) in [7, 11) is 0. The average molecular weight is 255 g/mol. The van der Waals surface area contributed by atoms with Crippen molar-refractivity contribution in [2.45, 2.75) is 31.2 Å². The van der Waals surface area contributed by atoms with E-state index in [2.05, 4.69) is 3.53 Å². The van der Waals surface area contributed by atoms with Gasteiger partial charge in [-0.25, -0.2) is 3.53 Å². The van der Waals surface area contributed by atoms with Crippen molar-refractivity contribution in [3.63, 3.8) is 0 Å². The number of nitrogens with one attached hydrogen (secondary N) is 1. The summed E-state index contributed by atoms with van der Waals surface area (Å²) in [5.74, 6) is -0.709. The van der Waals surface area contributed by atoms with Crippen LogP contribution < -0.4 is 3.53 Å². The van der Waals surface area contributed by atoms with Crippen molar-refractivity contribution in [2.24, 2.45) is 0 Å². The minimum Gasteiger partial charge on any atom is -0.480 e. The third-order valence-electron chi connectivity index (χ3n) is 2.05. The summed E-state index contributed by atoms with van der Waals surface area (Å²) in [6.07, 6.45) is 3.60. The van der Waals surface area contributed by atoms with Crippen molar-refractivity contribution >= 4 is 28.8 Å². The van der Waals surface area contributed by atoms with E-state index in [4.69, 9.17) is 5.11 Å². The minimum atomic E-state index is -0.709. The monoisotopic (exact) mass is 255 g/mol. The fraction of sp³-hybridized carbons (Fsp3) is 0.833. The van der Waals surface area contributed by atoms with E-state index in [9.17, 15) is 4.79 Å². The number of hydrogen-bond acceptors (Lipinski definition) is 2. The molecule has 4 heteroatoms. The molecule has 0 aromatic carbocycles. The Balaban J connectivity index is 2.67. The second-order valence-corrected chi connectivity index (χ2v) is 3.23. The maximum atomic E-state index is 10.7. The molecule has 0 amide bonds. The van der Waals surface area contributed by atoms with Gasteiger partial charge in [0, 0.05) is 22.9 Å². The Kier molecular flexibility index (Phi) is 2.51. The zero-order chi connectivity index (χ0) is 7.61. The average Bonchev–Trinajstić information content (AvgIpc) is 2.35. The van der Waals surface area contributed by atoms with Gasteiger partial charge in [0.2, 0.25) is 0 Å². The first-order chi connectivity index (χ1) is 4.71. The summed E-state index contributed by atoms with van der Waals surface area (Å²) in [5.41, 5.74) is -0.611. The van der Waals surface area contributed by atoms with Gasteiger partial charge in [0.1, 0.15) is 5.54 Å². The molecule has 0 aliphatic heterocycles. The maximum Gasteiger partial charge on any atom is 0.324 e. The van der Waals surface area contributed by atoms with E-state index in [1.54, 1.807) is 0 Å². The van der Waals surface area contributed by atoms with E-state index < -0.39 is 11.5 Å². The van der Waals surface area contributed by atoms with Crippen LogP contribution in [0, 0.1) is 0 Å². The molecule has 0 aromatic rings. The van der Waals surface area contributed by atoms with Crippen LogP contribution in [0.5, 0.6) is 0 Å². The van der Waals surface area contributed by atoms with Gasteiger partial charge in [-0.2, -0.15) is 0 Å². The standard InChI is InChI=1S/C6H10INO2/c7-8-6(5(9)10)3-1-2-4-6/h8H,1-4H2,(H,9,10). The van der Waals surface area contributed by atoms with E-state index in [1.807, 2.05) is 22.9 Å². The van der Waals surface area contributed by atoms with Crippen molar-refractivity contribution in [1.82, 2.24) is 3.53 Å². The molecule has 0 unspecified atom stereocenters. The summed E-state index contributed by atoms with van der Waals surface area (Å²) >= 11 is 1.93. The number of hydrogen-bond donors (Lipinski definition) is 2. The van der Waals surface area contributed by atoms with E-state index in [0.717, 1.165) is 25.7 Å². The smallest absolute Gasteiger partial charge is 0.324 e. The second kappa shape index (κ2) is 3.04. The Hall–Kier alpha value is 0.160. The molecule has 0 spiro atoms. The van der Waals surface area contributed by atoms with Crippen molar-refractivity contribution in [1.29, 1.82) is 0 Å². The zero-order valence-electron chi connectivity index (χ0n) is 5.56. The summed E-state index contributed by atoms with van der Waals surface area (Å²) in [4.78, 5) is 10.7. The first-order valence-corrected chi connectivity index (χ1v) is 4.40. The number of halogens is 1. The van der Waals surface area contributed by atoms with E-state index in [0.29, 0.717) is 0 Å². The number of carboxylic acids is 1. The molecular formula is C6H10INO2. The SMILES string of the molecule is O=C(O)C1(NI)CCCC1. The molecule has 1 rings (SSSR count). The Morgan fingerprint density at radius 2 is 2.00 bits per heavy atom. The second-order valence-electron chi connectivity index (χ2n) is 2.69. The quantitative estimate of drug-likeness (QED) is 0.578. The lowest BCUT2D eigenvalue weighted by Crippen LogP contribution is -2.44. The van der Waals surface area contributed by atoms with Gasteiger partial charge in [0.05, 0.1) is 0 Å². The van der Waals surface area contributed by atoms with Gasteiger partial charge in [-0.3, -0.25) is 4.79 Å². The van der Waals surface area contributed by atoms with Gasteiger partial charge in [-0.05, 0) is 12.8 Å². The predicted molar refractivity (Wildman–Crippen MR) is 46.0 cm³/mol. The van der Waals surface area contributed by atoms with Crippen LogP contribution in [0.15, 0.2) is 0 Å². The van der Waals surface area contributed by atoms with E-state index in [1.165, 1.54) is 0 Å². The van der Waals surface area contributed by atoms with Crippen molar-refractivity contribution in [2.75, 3.05) is 0 Å². The van der Waals surface area contributed by atoms with Crippen LogP contribution in [0.1, 0.15) is 25.7 Å². The van der Waals surface area contributed by atoms with Crippen LogP contribution in [-0.2, 0) is 4.79 Å². The minimum absolute atomic E-state index is 0.611. The molecule has 1 saturated carbocycles. The van der Waals surface area contributed by atoms with E-state index in [-0.39, 0.29) is 0 Å². The van der Waals surface area contributed by atoms with Crippen LogP contribution in [0.25, 0.3) is 0 Å². The third-order valence-corrected chi connectivity index (χ3v) is 3.08. The number of carboxylic acid groups (broad SMARTS) is 1.